The number of rotatable bonds is 3. The maximum atomic E-state index is 13.1. The second-order valence-corrected chi connectivity index (χ2v) is 2.91. The molecular weight excluding hydrogens is 189 g/mol. The molecule has 0 fully saturated rings. The van der Waals surface area contributed by atoms with Gasteiger partial charge in [0, 0.05) is 17.7 Å². The average molecular weight is 199 g/mol. The van der Waals surface area contributed by atoms with Gasteiger partial charge in [-0.25, -0.2) is 4.39 Å². The van der Waals surface area contributed by atoms with Gasteiger partial charge in [-0.3, -0.25) is 4.79 Å². The molecule has 0 aliphatic carbocycles. The highest BCUT2D eigenvalue weighted by molar-refractivity contribution is 5.67. The minimum atomic E-state index is -1.09. The number of carboxylic acid groups (broad SMARTS) is 1. The summed E-state index contributed by atoms with van der Waals surface area (Å²) in [6.07, 6.45) is -0.346. The zero-order valence-electron chi connectivity index (χ0n) is 7.27. The van der Waals surface area contributed by atoms with E-state index in [2.05, 4.69) is 0 Å². The van der Waals surface area contributed by atoms with E-state index in [1.54, 1.807) is 0 Å². The molecule has 4 N–H and O–H groups in total. The van der Waals surface area contributed by atoms with Gasteiger partial charge in [0.1, 0.15) is 11.6 Å². The first-order valence-corrected chi connectivity index (χ1v) is 3.96. The third-order valence-electron chi connectivity index (χ3n) is 1.78. The van der Waals surface area contributed by atoms with Gasteiger partial charge >= 0.3 is 5.97 Å². The molecule has 1 aromatic carbocycles. The summed E-state index contributed by atoms with van der Waals surface area (Å²) < 4.78 is 13.1. The van der Waals surface area contributed by atoms with Crippen molar-refractivity contribution in [3.8, 4) is 5.75 Å². The molecule has 0 bridgehead atoms. The minimum Gasteiger partial charge on any atom is -0.508 e. The SMILES string of the molecule is N[C@H](CC(=O)O)c1ccc(O)cc1F. The molecule has 14 heavy (non-hydrogen) atoms. The molecule has 0 saturated heterocycles. The van der Waals surface area contributed by atoms with Gasteiger partial charge in [-0.05, 0) is 6.07 Å². The highest BCUT2D eigenvalue weighted by Crippen LogP contribution is 2.21. The molecule has 0 aliphatic heterocycles. The Morgan fingerprint density at radius 3 is 2.71 bits per heavy atom. The lowest BCUT2D eigenvalue weighted by molar-refractivity contribution is -0.137. The molecule has 1 rings (SSSR count). The molecule has 0 amide bonds. The Labute approximate surface area is 79.8 Å². The third kappa shape index (κ3) is 2.43. The lowest BCUT2D eigenvalue weighted by Crippen LogP contribution is -2.16. The average Bonchev–Trinajstić information content (AvgIpc) is 2.01. The van der Waals surface area contributed by atoms with Crippen molar-refractivity contribution in [1.29, 1.82) is 0 Å². The van der Waals surface area contributed by atoms with Crippen LogP contribution in [0.15, 0.2) is 18.2 Å². The predicted molar refractivity (Wildman–Crippen MR) is 47.2 cm³/mol. The van der Waals surface area contributed by atoms with Crippen LogP contribution in [-0.2, 0) is 4.79 Å². The number of nitrogens with two attached hydrogens (primary N) is 1. The van der Waals surface area contributed by atoms with Crippen LogP contribution in [0.4, 0.5) is 4.39 Å². The highest BCUT2D eigenvalue weighted by atomic mass is 19.1. The summed E-state index contributed by atoms with van der Waals surface area (Å²) in [5.74, 6) is -2.00. The maximum Gasteiger partial charge on any atom is 0.305 e. The molecular formula is C9H10FNO3. The molecule has 0 radical (unpaired) electrons. The number of hydrogen-bond acceptors (Lipinski definition) is 3. The van der Waals surface area contributed by atoms with Crippen LogP contribution < -0.4 is 5.73 Å². The second kappa shape index (κ2) is 4.06. The van der Waals surface area contributed by atoms with Crippen molar-refractivity contribution >= 4 is 5.97 Å². The first kappa shape index (κ1) is 10.5. The van der Waals surface area contributed by atoms with Crippen molar-refractivity contribution < 1.29 is 19.4 Å². The Balaban J connectivity index is 2.90. The van der Waals surface area contributed by atoms with Crippen LogP contribution in [0, 0.1) is 5.82 Å². The van der Waals surface area contributed by atoms with E-state index in [0.29, 0.717) is 0 Å². The van der Waals surface area contributed by atoms with Crippen LogP contribution in [0.25, 0.3) is 0 Å². The monoisotopic (exact) mass is 199 g/mol. The summed E-state index contributed by atoms with van der Waals surface area (Å²) in [6.45, 7) is 0. The van der Waals surface area contributed by atoms with Crippen molar-refractivity contribution in [3.05, 3.63) is 29.6 Å². The van der Waals surface area contributed by atoms with Gasteiger partial charge in [-0.1, -0.05) is 6.07 Å². The maximum absolute atomic E-state index is 13.1. The number of phenols is 1. The number of hydrogen-bond donors (Lipinski definition) is 3. The Kier molecular flexibility index (Phi) is 3.03. The lowest BCUT2D eigenvalue weighted by Gasteiger charge is -2.10. The van der Waals surface area contributed by atoms with Gasteiger partial charge in [0.15, 0.2) is 0 Å². The van der Waals surface area contributed by atoms with Crippen molar-refractivity contribution in [2.45, 2.75) is 12.5 Å². The van der Waals surface area contributed by atoms with Crippen LogP contribution in [0.3, 0.4) is 0 Å². The fourth-order valence-electron chi connectivity index (χ4n) is 1.11. The number of carbonyl (C=O) groups is 1. The molecule has 4 nitrogen and oxygen atoms in total. The number of carboxylic acids is 1. The number of aliphatic carboxylic acids is 1. The third-order valence-corrected chi connectivity index (χ3v) is 1.78. The van der Waals surface area contributed by atoms with E-state index in [4.69, 9.17) is 15.9 Å². The number of halogens is 1. The highest BCUT2D eigenvalue weighted by Gasteiger charge is 2.14. The minimum absolute atomic E-state index is 0.0881. The van der Waals surface area contributed by atoms with Gasteiger partial charge in [-0.15, -0.1) is 0 Å². The van der Waals surface area contributed by atoms with Crippen LogP contribution in [-0.4, -0.2) is 16.2 Å². The van der Waals surface area contributed by atoms with Crippen molar-refractivity contribution in [1.82, 2.24) is 0 Å². The Bertz CT molecular complexity index is 354. The van der Waals surface area contributed by atoms with E-state index in [9.17, 15) is 9.18 Å². The van der Waals surface area contributed by atoms with Crippen LogP contribution in [0.2, 0.25) is 0 Å². The summed E-state index contributed by atoms with van der Waals surface area (Å²) in [4.78, 5) is 10.3. The first-order valence-electron chi connectivity index (χ1n) is 3.96. The van der Waals surface area contributed by atoms with Crippen molar-refractivity contribution in [3.63, 3.8) is 0 Å². The zero-order chi connectivity index (χ0) is 10.7. The van der Waals surface area contributed by atoms with Gasteiger partial charge in [0.25, 0.3) is 0 Å². The van der Waals surface area contributed by atoms with Gasteiger partial charge in [-0.2, -0.15) is 0 Å². The Hall–Kier alpha value is -1.62. The van der Waals surface area contributed by atoms with Gasteiger partial charge in [0.2, 0.25) is 0 Å². The van der Waals surface area contributed by atoms with Crippen LogP contribution in [0.1, 0.15) is 18.0 Å². The molecule has 1 aromatic rings. The van der Waals surface area contributed by atoms with Crippen LogP contribution >= 0.6 is 0 Å². The molecule has 0 aliphatic rings. The van der Waals surface area contributed by atoms with Gasteiger partial charge < -0.3 is 15.9 Å². The summed E-state index contributed by atoms with van der Waals surface area (Å²) in [7, 11) is 0. The van der Waals surface area contributed by atoms with E-state index >= 15 is 0 Å². The number of benzene rings is 1. The molecule has 1 atom stereocenters. The molecule has 0 unspecified atom stereocenters. The van der Waals surface area contributed by atoms with E-state index in [1.165, 1.54) is 12.1 Å². The van der Waals surface area contributed by atoms with Crippen molar-refractivity contribution in [2.24, 2.45) is 5.73 Å². The topological polar surface area (TPSA) is 83.6 Å². The molecule has 0 aromatic heterocycles. The van der Waals surface area contributed by atoms with Crippen molar-refractivity contribution in [2.75, 3.05) is 0 Å². The summed E-state index contributed by atoms with van der Waals surface area (Å²) in [5, 5.41) is 17.3. The molecule has 0 spiro atoms. The lowest BCUT2D eigenvalue weighted by atomic mass is 10.0. The molecule has 76 valence electrons. The molecule has 0 heterocycles. The summed E-state index contributed by atoms with van der Waals surface area (Å²) >= 11 is 0. The fourth-order valence-corrected chi connectivity index (χ4v) is 1.11. The Morgan fingerprint density at radius 2 is 2.21 bits per heavy atom. The van der Waals surface area contributed by atoms with E-state index < -0.39 is 17.8 Å². The van der Waals surface area contributed by atoms with Crippen LogP contribution in [0.5, 0.6) is 5.75 Å². The van der Waals surface area contributed by atoms with E-state index in [-0.39, 0.29) is 17.7 Å². The predicted octanol–water partition coefficient (Wildman–Crippen LogP) is 1.01. The van der Waals surface area contributed by atoms with E-state index in [1.807, 2.05) is 0 Å². The molecule has 5 heteroatoms. The quantitative estimate of drug-likeness (QED) is 0.678. The molecule has 0 saturated carbocycles. The largest absolute Gasteiger partial charge is 0.508 e. The van der Waals surface area contributed by atoms with E-state index in [0.717, 1.165) is 6.07 Å². The standard InChI is InChI=1S/C9H10FNO3/c10-7-3-5(12)1-2-6(7)8(11)4-9(13)14/h1-3,8,12H,4,11H2,(H,13,14)/t8-/m1/s1. The smallest absolute Gasteiger partial charge is 0.305 e. The fraction of sp³-hybridized carbons (Fsp3) is 0.222. The first-order chi connectivity index (χ1) is 6.50. The van der Waals surface area contributed by atoms with Gasteiger partial charge in [0.05, 0.1) is 6.42 Å². The summed E-state index contributed by atoms with van der Waals surface area (Å²) in [6, 6.07) is 2.54. The number of phenolic OH excluding ortho intramolecular Hbond substituents is 1. The zero-order valence-corrected chi connectivity index (χ0v) is 7.27. The number of aromatic hydroxyl groups is 1. The normalized spacial score (nSPS) is 12.4. The Morgan fingerprint density at radius 1 is 1.57 bits per heavy atom. The summed E-state index contributed by atoms with van der Waals surface area (Å²) in [5.41, 5.74) is 5.53. The second-order valence-electron chi connectivity index (χ2n) is 2.91.